The SMILES string of the molecule is CC(=O)Nc1nnc(-c2cc(Cl)ccc2Cl)o1. The van der Waals surface area contributed by atoms with Crippen LogP contribution in [0.1, 0.15) is 6.92 Å². The Kier molecular flexibility index (Phi) is 3.31. The van der Waals surface area contributed by atoms with Crippen molar-refractivity contribution in [1.29, 1.82) is 0 Å². The zero-order chi connectivity index (χ0) is 12.4. The van der Waals surface area contributed by atoms with E-state index in [0.29, 0.717) is 15.6 Å². The van der Waals surface area contributed by atoms with E-state index < -0.39 is 0 Å². The smallest absolute Gasteiger partial charge is 0.322 e. The topological polar surface area (TPSA) is 68.0 Å². The first-order valence-corrected chi connectivity index (χ1v) is 5.38. The van der Waals surface area contributed by atoms with Crippen molar-refractivity contribution in [3.8, 4) is 11.5 Å². The van der Waals surface area contributed by atoms with E-state index in [9.17, 15) is 4.79 Å². The van der Waals surface area contributed by atoms with Crippen LogP contribution in [0, 0.1) is 0 Å². The molecule has 1 heterocycles. The number of hydrogen-bond donors (Lipinski definition) is 1. The average Bonchev–Trinajstić information content (AvgIpc) is 2.69. The van der Waals surface area contributed by atoms with Crippen molar-refractivity contribution in [2.75, 3.05) is 5.32 Å². The Morgan fingerprint density at radius 2 is 2.12 bits per heavy atom. The normalized spacial score (nSPS) is 10.3. The van der Waals surface area contributed by atoms with Crippen LogP contribution in [0.2, 0.25) is 10.0 Å². The molecule has 0 spiro atoms. The van der Waals surface area contributed by atoms with Gasteiger partial charge in [-0.2, -0.15) is 0 Å². The van der Waals surface area contributed by atoms with Crippen molar-refractivity contribution >= 4 is 35.1 Å². The zero-order valence-electron chi connectivity index (χ0n) is 8.70. The summed E-state index contributed by atoms with van der Waals surface area (Å²) in [4.78, 5) is 10.8. The van der Waals surface area contributed by atoms with Crippen molar-refractivity contribution in [1.82, 2.24) is 10.2 Å². The van der Waals surface area contributed by atoms with E-state index in [1.54, 1.807) is 18.2 Å². The molecule has 1 N–H and O–H groups in total. The van der Waals surface area contributed by atoms with Gasteiger partial charge >= 0.3 is 6.01 Å². The maximum absolute atomic E-state index is 10.8. The molecule has 1 aromatic carbocycles. The molecule has 2 rings (SSSR count). The predicted molar refractivity (Wildman–Crippen MR) is 64.1 cm³/mol. The molecule has 88 valence electrons. The quantitative estimate of drug-likeness (QED) is 0.912. The van der Waals surface area contributed by atoms with E-state index in [0.717, 1.165) is 0 Å². The van der Waals surface area contributed by atoms with E-state index in [4.69, 9.17) is 27.6 Å². The predicted octanol–water partition coefficient (Wildman–Crippen LogP) is 3.00. The molecule has 0 saturated heterocycles. The highest BCUT2D eigenvalue weighted by molar-refractivity contribution is 6.35. The van der Waals surface area contributed by atoms with Gasteiger partial charge < -0.3 is 4.42 Å². The number of carbonyl (C=O) groups excluding carboxylic acids is 1. The first kappa shape index (κ1) is 11.9. The van der Waals surface area contributed by atoms with E-state index in [2.05, 4.69) is 15.5 Å². The summed E-state index contributed by atoms with van der Waals surface area (Å²) in [7, 11) is 0. The lowest BCUT2D eigenvalue weighted by Gasteiger charge is -1.99. The van der Waals surface area contributed by atoms with Crippen LogP contribution in [0.25, 0.3) is 11.5 Å². The number of carbonyl (C=O) groups is 1. The van der Waals surface area contributed by atoms with Gasteiger partial charge in [0.1, 0.15) is 0 Å². The monoisotopic (exact) mass is 271 g/mol. The molecule has 0 atom stereocenters. The van der Waals surface area contributed by atoms with Crippen LogP contribution in [0.15, 0.2) is 22.6 Å². The number of nitrogens with zero attached hydrogens (tertiary/aromatic N) is 2. The number of rotatable bonds is 2. The summed E-state index contributed by atoms with van der Waals surface area (Å²) in [5, 5.41) is 10.7. The van der Waals surface area contributed by atoms with Crippen LogP contribution in [-0.2, 0) is 4.79 Å². The second kappa shape index (κ2) is 4.73. The maximum atomic E-state index is 10.8. The van der Waals surface area contributed by atoms with Gasteiger partial charge in [-0.1, -0.05) is 28.3 Å². The lowest BCUT2D eigenvalue weighted by atomic mass is 10.2. The molecule has 1 aromatic heterocycles. The number of aromatic nitrogens is 2. The minimum Gasteiger partial charge on any atom is -0.403 e. The Morgan fingerprint density at radius 1 is 1.35 bits per heavy atom. The Hall–Kier alpha value is -1.59. The number of hydrogen-bond acceptors (Lipinski definition) is 4. The number of amides is 1. The van der Waals surface area contributed by atoms with E-state index >= 15 is 0 Å². The first-order chi connectivity index (χ1) is 8.06. The molecule has 0 radical (unpaired) electrons. The highest BCUT2D eigenvalue weighted by Crippen LogP contribution is 2.30. The van der Waals surface area contributed by atoms with Gasteiger partial charge in [0.15, 0.2) is 0 Å². The Bertz CT molecular complexity index is 568. The third-order valence-electron chi connectivity index (χ3n) is 1.87. The number of halogens is 2. The van der Waals surface area contributed by atoms with Gasteiger partial charge in [0.25, 0.3) is 5.89 Å². The lowest BCUT2D eigenvalue weighted by Crippen LogP contribution is -2.05. The summed E-state index contributed by atoms with van der Waals surface area (Å²) in [6.07, 6.45) is 0. The minimum absolute atomic E-state index is 0.0172. The van der Waals surface area contributed by atoms with E-state index in [1.807, 2.05) is 0 Å². The van der Waals surface area contributed by atoms with E-state index in [-0.39, 0.29) is 17.8 Å². The van der Waals surface area contributed by atoms with Gasteiger partial charge in [0.05, 0.1) is 10.6 Å². The molecule has 0 aliphatic carbocycles. The minimum atomic E-state index is -0.294. The molecular formula is C10H7Cl2N3O2. The van der Waals surface area contributed by atoms with Crippen LogP contribution in [0.4, 0.5) is 6.01 Å². The highest BCUT2D eigenvalue weighted by Gasteiger charge is 2.13. The molecule has 0 bridgehead atoms. The molecular weight excluding hydrogens is 265 g/mol. The Balaban J connectivity index is 2.36. The van der Waals surface area contributed by atoms with Gasteiger partial charge in [0.2, 0.25) is 5.91 Å². The molecule has 17 heavy (non-hydrogen) atoms. The molecule has 0 fully saturated rings. The molecule has 0 saturated carbocycles. The summed E-state index contributed by atoms with van der Waals surface area (Å²) in [5.74, 6) is -0.0985. The molecule has 5 nitrogen and oxygen atoms in total. The van der Waals surface area contributed by atoms with Gasteiger partial charge in [0, 0.05) is 11.9 Å². The largest absolute Gasteiger partial charge is 0.403 e. The summed E-state index contributed by atoms with van der Waals surface area (Å²) in [6.45, 7) is 1.34. The summed E-state index contributed by atoms with van der Waals surface area (Å²) in [6, 6.07) is 4.90. The maximum Gasteiger partial charge on any atom is 0.322 e. The van der Waals surface area contributed by atoms with Crippen molar-refractivity contribution < 1.29 is 9.21 Å². The fourth-order valence-electron chi connectivity index (χ4n) is 1.19. The van der Waals surface area contributed by atoms with Crippen LogP contribution in [-0.4, -0.2) is 16.1 Å². The number of anilines is 1. The molecule has 1 amide bonds. The first-order valence-electron chi connectivity index (χ1n) is 4.63. The van der Waals surface area contributed by atoms with Crippen molar-refractivity contribution in [3.63, 3.8) is 0 Å². The molecule has 0 unspecified atom stereocenters. The third kappa shape index (κ3) is 2.75. The Labute approximate surface area is 107 Å². The fraction of sp³-hybridized carbons (Fsp3) is 0.100. The van der Waals surface area contributed by atoms with E-state index in [1.165, 1.54) is 6.92 Å². The number of benzene rings is 1. The fourth-order valence-corrected chi connectivity index (χ4v) is 1.57. The van der Waals surface area contributed by atoms with Crippen LogP contribution < -0.4 is 5.32 Å². The molecule has 2 aromatic rings. The highest BCUT2D eigenvalue weighted by atomic mass is 35.5. The van der Waals surface area contributed by atoms with Crippen molar-refractivity contribution in [2.24, 2.45) is 0 Å². The van der Waals surface area contributed by atoms with Crippen LogP contribution in [0.5, 0.6) is 0 Å². The number of nitrogens with one attached hydrogen (secondary N) is 1. The second-order valence-corrected chi connectivity index (χ2v) is 4.06. The summed E-state index contributed by atoms with van der Waals surface area (Å²) in [5.41, 5.74) is 0.517. The standard InChI is InChI=1S/C10H7Cl2N3O2/c1-5(16)13-10-15-14-9(17-10)7-4-6(11)2-3-8(7)12/h2-4H,1H3,(H,13,15,16). The average molecular weight is 272 g/mol. The summed E-state index contributed by atoms with van der Waals surface area (Å²) < 4.78 is 5.22. The second-order valence-electron chi connectivity index (χ2n) is 3.22. The van der Waals surface area contributed by atoms with Crippen molar-refractivity contribution in [3.05, 3.63) is 28.2 Å². The van der Waals surface area contributed by atoms with Gasteiger partial charge in [-0.15, -0.1) is 5.10 Å². The molecule has 0 aliphatic rings. The Morgan fingerprint density at radius 3 is 2.82 bits per heavy atom. The summed E-state index contributed by atoms with van der Waals surface area (Å²) >= 11 is 11.8. The van der Waals surface area contributed by atoms with Gasteiger partial charge in [-0.05, 0) is 18.2 Å². The lowest BCUT2D eigenvalue weighted by molar-refractivity contribution is -0.114. The van der Waals surface area contributed by atoms with Gasteiger partial charge in [-0.3, -0.25) is 10.1 Å². The van der Waals surface area contributed by atoms with Gasteiger partial charge in [-0.25, -0.2) is 0 Å². The van der Waals surface area contributed by atoms with Crippen molar-refractivity contribution in [2.45, 2.75) is 6.92 Å². The van der Waals surface area contributed by atoms with Crippen LogP contribution in [0.3, 0.4) is 0 Å². The molecule has 7 heteroatoms. The van der Waals surface area contributed by atoms with Crippen LogP contribution >= 0.6 is 23.2 Å². The molecule has 0 aliphatic heterocycles. The zero-order valence-corrected chi connectivity index (χ0v) is 10.2. The third-order valence-corrected chi connectivity index (χ3v) is 2.43.